The summed E-state index contributed by atoms with van der Waals surface area (Å²) >= 11 is 0. The maximum absolute atomic E-state index is 9.72. The molecule has 0 aliphatic rings. The molecule has 14 heteroatoms. The summed E-state index contributed by atoms with van der Waals surface area (Å²) in [6.45, 7) is 0. The van der Waals surface area contributed by atoms with Gasteiger partial charge in [-0.15, -0.1) is 0 Å². The van der Waals surface area contributed by atoms with Crippen LogP contribution in [0, 0.1) is 0 Å². The van der Waals surface area contributed by atoms with E-state index < -0.39 is 39.7 Å². The summed E-state index contributed by atoms with van der Waals surface area (Å²) in [5, 5.41) is 38.1. The molecule has 12 nitrogen and oxygen atoms in total. The van der Waals surface area contributed by atoms with Gasteiger partial charge in [0.1, 0.15) is 0 Å². The zero-order chi connectivity index (χ0) is 15.5. The Bertz CT molecular complexity index is 264. The minimum Gasteiger partial charge on any atom is -0.481 e. The maximum Gasteiger partial charge on any atom is 0.668 e. The van der Waals surface area contributed by atoms with Gasteiger partial charge in [-0.05, 0) is 0 Å². The van der Waals surface area contributed by atoms with E-state index in [-0.39, 0.29) is 17.1 Å². The molecule has 0 aromatic heterocycles. The number of carbonyl (C=O) groups is 3. The average Bonchev–Trinajstić information content (AvgIpc) is 1.97. The normalized spacial score (nSPS) is 10.4. The van der Waals surface area contributed by atoms with E-state index in [9.17, 15) is 9.59 Å². The number of aliphatic carboxylic acids is 2. The van der Waals surface area contributed by atoms with Gasteiger partial charge in [0.15, 0.2) is 6.10 Å². The van der Waals surface area contributed by atoms with Crippen molar-refractivity contribution in [3.8, 4) is 0 Å². The molecule has 1 unspecified atom stereocenters. The van der Waals surface area contributed by atoms with E-state index in [0.29, 0.717) is 0 Å². The molecule has 0 heterocycles. The van der Waals surface area contributed by atoms with Gasteiger partial charge in [0.25, 0.3) is 0 Å². The summed E-state index contributed by atoms with van der Waals surface area (Å²) in [5.41, 5.74) is 0. The standard InChI is InChI=1S/C4H6O5.CH2O3.Fe.H4O4Si/c5-2(4(8)9)1-3(6)7;2-1(3)4;;1-5(2,3)4/h2,5H,1H2,(H,6,7)(H,8,9);(H2,2,3,4);;1-4H. The molecule has 0 fully saturated rings. The molecule has 9 N–H and O–H groups in total. The SMILES string of the molecule is O=C(O)CC(O)C(=O)O.O=C(O)O.O[Si](O)(O)O.[Fe]. The molecule has 19 heavy (non-hydrogen) atoms. The van der Waals surface area contributed by atoms with Crippen LogP contribution in [-0.2, 0) is 26.7 Å². The van der Waals surface area contributed by atoms with Crippen molar-refractivity contribution in [1.82, 2.24) is 0 Å². The van der Waals surface area contributed by atoms with E-state index in [1.807, 2.05) is 0 Å². The largest absolute Gasteiger partial charge is 0.668 e. The average molecular weight is 348 g/mol. The van der Waals surface area contributed by atoms with E-state index in [2.05, 4.69) is 0 Å². The minimum absolute atomic E-state index is 0. The summed E-state index contributed by atoms with van der Waals surface area (Å²) in [7, 11) is -4.61. The van der Waals surface area contributed by atoms with Crippen LogP contribution in [-0.4, -0.2) is 78.0 Å². The van der Waals surface area contributed by atoms with Crippen LogP contribution < -0.4 is 0 Å². The number of rotatable bonds is 3. The monoisotopic (exact) mass is 348 g/mol. The van der Waals surface area contributed by atoms with Gasteiger partial charge in [0.2, 0.25) is 0 Å². The predicted octanol–water partition coefficient (Wildman–Crippen LogP) is -3.48. The first kappa shape index (κ1) is 26.3. The Hall–Kier alpha value is -1.25. The molecule has 0 rings (SSSR count). The second kappa shape index (κ2) is 13.2. The molecule has 0 saturated heterocycles. The fourth-order valence-electron chi connectivity index (χ4n) is 0.253. The second-order valence-electron chi connectivity index (χ2n) is 2.33. The minimum atomic E-state index is -4.61. The third kappa shape index (κ3) is 80.0. The molecule has 0 aliphatic carbocycles. The van der Waals surface area contributed by atoms with Gasteiger partial charge in [-0.3, -0.25) is 4.79 Å². The van der Waals surface area contributed by atoms with Gasteiger partial charge in [0, 0.05) is 17.1 Å². The predicted molar refractivity (Wildman–Crippen MR) is 51.2 cm³/mol. The van der Waals surface area contributed by atoms with E-state index in [1.54, 1.807) is 0 Å². The van der Waals surface area contributed by atoms with Crippen molar-refractivity contribution in [2.75, 3.05) is 0 Å². The summed E-state index contributed by atoms with van der Waals surface area (Å²) in [4.78, 5) is 57.3. The van der Waals surface area contributed by atoms with Crippen LogP contribution in [0.4, 0.5) is 4.79 Å². The quantitative estimate of drug-likeness (QED) is 0.226. The molecule has 0 spiro atoms. The van der Waals surface area contributed by atoms with E-state index in [4.69, 9.17) is 49.5 Å². The van der Waals surface area contributed by atoms with Crippen molar-refractivity contribution in [3.05, 3.63) is 0 Å². The molecular weight excluding hydrogens is 336 g/mol. The number of hydrogen-bond acceptors (Lipinski definition) is 8. The van der Waals surface area contributed by atoms with Crippen molar-refractivity contribution in [2.45, 2.75) is 12.5 Å². The van der Waals surface area contributed by atoms with Crippen molar-refractivity contribution < 1.29 is 76.2 Å². The molecule has 0 aliphatic heterocycles. The Balaban J connectivity index is -0.0000000964. The fourth-order valence-corrected chi connectivity index (χ4v) is 0.253. The Kier molecular flexibility index (Phi) is 18.3. The van der Waals surface area contributed by atoms with Crippen LogP contribution in [0.25, 0.3) is 0 Å². The van der Waals surface area contributed by atoms with Gasteiger partial charge < -0.3 is 44.7 Å². The van der Waals surface area contributed by atoms with Crippen molar-refractivity contribution in [2.24, 2.45) is 0 Å². The number of hydrogen-bond donors (Lipinski definition) is 9. The number of aliphatic hydroxyl groups excluding tert-OH is 1. The molecule has 0 radical (unpaired) electrons. The van der Waals surface area contributed by atoms with Gasteiger partial charge in [-0.1, -0.05) is 0 Å². The molecule has 0 saturated carbocycles. The van der Waals surface area contributed by atoms with Crippen molar-refractivity contribution in [3.63, 3.8) is 0 Å². The molecular formula is C5H12FeO12Si. The van der Waals surface area contributed by atoms with Crippen LogP contribution in [0.3, 0.4) is 0 Å². The number of carboxylic acids is 2. The molecule has 1 atom stereocenters. The van der Waals surface area contributed by atoms with Crippen molar-refractivity contribution >= 4 is 27.1 Å². The third-order valence-corrected chi connectivity index (χ3v) is 0.653. The summed E-state index contributed by atoms with van der Waals surface area (Å²) < 4.78 is 0. The smallest absolute Gasteiger partial charge is 0.481 e. The molecule has 0 amide bonds. The first-order chi connectivity index (χ1) is 7.77. The van der Waals surface area contributed by atoms with Gasteiger partial charge >= 0.3 is 27.1 Å². The second-order valence-corrected chi connectivity index (χ2v) is 3.53. The van der Waals surface area contributed by atoms with Crippen LogP contribution in [0.15, 0.2) is 0 Å². The number of aliphatic hydroxyl groups is 1. The van der Waals surface area contributed by atoms with E-state index in [1.165, 1.54) is 0 Å². The van der Waals surface area contributed by atoms with Gasteiger partial charge in [-0.2, -0.15) is 0 Å². The zero-order valence-electron chi connectivity index (χ0n) is 8.89. The summed E-state index contributed by atoms with van der Waals surface area (Å²) in [5.74, 6) is -2.85. The first-order valence-electron chi connectivity index (χ1n) is 3.71. The molecule has 0 bridgehead atoms. The van der Waals surface area contributed by atoms with Crippen LogP contribution in [0.1, 0.15) is 6.42 Å². The Labute approximate surface area is 116 Å². The third-order valence-electron chi connectivity index (χ3n) is 0.653. The summed E-state index contributed by atoms with van der Waals surface area (Å²) in [6, 6.07) is 0. The number of carboxylic acid groups (broad SMARTS) is 4. The van der Waals surface area contributed by atoms with Crippen LogP contribution in [0.5, 0.6) is 0 Å². The first-order valence-corrected chi connectivity index (χ1v) is 5.50. The summed E-state index contributed by atoms with van der Waals surface area (Å²) in [6.07, 6.45) is -4.38. The Morgan fingerprint density at radius 2 is 1.11 bits per heavy atom. The molecule has 0 aromatic carbocycles. The Morgan fingerprint density at radius 1 is 0.895 bits per heavy atom. The molecule has 116 valence electrons. The zero-order valence-corrected chi connectivity index (χ0v) is 11.0. The molecule has 0 aromatic rings. The Morgan fingerprint density at radius 3 is 1.16 bits per heavy atom. The van der Waals surface area contributed by atoms with E-state index >= 15 is 0 Å². The fraction of sp³-hybridized carbons (Fsp3) is 0.400. The van der Waals surface area contributed by atoms with E-state index in [0.717, 1.165) is 0 Å². The van der Waals surface area contributed by atoms with Gasteiger partial charge in [-0.25, -0.2) is 9.59 Å². The van der Waals surface area contributed by atoms with Gasteiger partial charge in [0.05, 0.1) is 6.42 Å². The van der Waals surface area contributed by atoms with Crippen LogP contribution >= 0.6 is 0 Å². The van der Waals surface area contributed by atoms with Crippen LogP contribution in [0.2, 0.25) is 0 Å². The van der Waals surface area contributed by atoms with Crippen molar-refractivity contribution in [1.29, 1.82) is 0 Å². The maximum atomic E-state index is 9.72. The topological polar surface area (TPSA) is 233 Å².